The van der Waals surface area contributed by atoms with E-state index in [0.29, 0.717) is 19.3 Å². The number of aliphatic hydroxyl groups is 1. The van der Waals surface area contributed by atoms with Crippen LogP contribution in [0.3, 0.4) is 0 Å². The molecule has 3 atom stereocenters. The quantitative estimate of drug-likeness (QED) is 0.930. The summed E-state index contributed by atoms with van der Waals surface area (Å²) < 4.78 is 0. The molecule has 2 heterocycles. The molecule has 3 nitrogen and oxygen atoms in total. The molecule has 1 aromatic rings. The van der Waals surface area contributed by atoms with E-state index in [1.807, 2.05) is 0 Å². The van der Waals surface area contributed by atoms with Gasteiger partial charge in [0.15, 0.2) is 0 Å². The zero-order valence-electron chi connectivity index (χ0n) is 14.6. The molecule has 0 bridgehead atoms. The van der Waals surface area contributed by atoms with Crippen molar-refractivity contribution in [1.82, 2.24) is 4.90 Å². The van der Waals surface area contributed by atoms with Gasteiger partial charge in [-0.25, -0.2) is 0 Å². The van der Waals surface area contributed by atoms with Crippen molar-refractivity contribution in [3.8, 4) is 0 Å². The average Bonchev–Trinajstić information content (AvgIpc) is 2.48. The number of fused-ring (bicyclic) bond motifs is 1. The summed E-state index contributed by atoms with van der Waals surface area (Å²) in [4.78, 5) is 14.0. The molecule has 2 aliphatic rings. The van der Waals surface area contributed by atoms with Gasteiger partial charge in [0.1, 0.15) is 5.78 Å². The summed E-state index contributed by atoms with van der Waals surface area (Å²) in [7, 11) is 0. The number of hydrogen-bond donors (Lipinski definition) is 1. The molecule has 0 aromatic heterocycles. The molecule has 126 valence electrons. The summed E-state index contributed by atoms with van der Waals surface area (Å²) in [6.45, 7) is 8.12. The van der Waals surface area contributed by atoms with Crippen LogP contribution in [0.15, 0.2) is 30.3 Å². The minimum absolute atomic E-state index is 0.0107. The second-order valence-electron chi connectivity index (χ2n) is 8.38. The Kier molecular flexibility index (Phi) is 4.14. The number of carbonyl (C=O) groups excluding carboxylic acids is 1. The highest BCUT2D eigenvalue weighted by molar-refractivity contribution is 5.76. The predicted octanol–water partition coefficient (Wildman–Crippen LogP) is 3.30. The van der Waals surface area contributed by atoms with Crippen molar-refractivity contribution in [2.24, 2.45) is 0 Å². The Hall–Kier alpha value is -1.19. The second-order valence-corrected chi connectivity index (χ2v) is 8.38. The van der Waals surface area contributed by atoms with E-state index in [4.69, 9.17) is 0 Å². The number of Topliss-reactive ketones (excluding diaryl/α,β-unsaturated/α-hetero) is 1. The van der Waals surface area contributed by atoms with E-state index in [1.54, 1.807) is 6.92 Å². The Morgan fingerprint density at radius 1 is 1.17 bits per heavy atom. The number of rotatable bonds is 3. The minimum Gasteiger partial charge on any atom is -0.389 e. The zero-order chi connectivity index (χ0) is 16.7. The van der Waals surface area contributed by atoms with Crippen LogP contribution in [0.1, 0.15) is 58.4 Å². The maximum absolute atomic E-state index is 11.5. The molecule has 2 saturated heterocycles. The lowest BCUT2D eigenvalue weighted by Gasteiger charge is -2.57. The minimum atomic E-state index is -0.808. The maximum atomic E-state index is 11.5. The lowest BCUT2D eigenvalue weighted by Crippen LogP contribution is -2.63. The predicted molar refractivity (Wildman–Crippen MR) is 92.5 cm³/mol. The Morgan fingerprint density at radius 2 is 1.87 bits per heavy atom. The molecule has 1 aromatic carbocycles. The summed E-state index contributed by atoms with van der Waals surface area (Å²) >= 11 is 0. The van der Waals surface area contributed by atoms with Crippen LogP contribution in [0.25, 0.3) is 0 Å². The molecule has 3 unspecified atom stereocenters. The Balaban J connectivity index is 1.78. The highest BCUT2D eigenvalue weighted by Gasteiger charge is 2.50. The molecular weight excluding hydrogens is 286 g/mol. The molecule has 1 N–H and O–H groups in total. The molecule has 23 heavy (non-hydrogen) atoms. The number of nitrogens with zero attached hydrogens (tertiary/aromatic N) is 1. The van der Waals surface area contributed by atoms with Crippen molar-refractivity contribution in [1.29, 1.82) is 0 Å². The van der Waals surface area contributed by atoms with E-state index in [1.165, 1.54) is 5.56 Å². The first-order valence-electron chi connectivity index (χ1n) is 8.77. The highest BCUT2D eigenvalue weighted by Crippen LogP contribution is 2.47. The number of carbonyl (C=O) groups is 1. The number of benzene rings is 1. The molecule has 2 fully saturated rings. The van der Waals surface area contributed by atoms with Gasteiger partial charge in [-0.05, 0) is 45.1 Å². The molecule has 0 saturated carbocycles. The van der Waals surface area contributed by atoms with Crippen molar-refractivity contribution in [3.05, 3.63) is 35.9 Å². The molecule has 0 amide bonds. The smallest absolute Gasteiger partial charge is 0.132 e. The Morgan fingerprint density at radius 3 is 2.52 bits per heavy atom. The first-order valence-corrected chi connectivity index (χ1v) is 8.77. The summed E-state index contributed by atoms with van der Waals surface area (Å²) in [5.74, 6) is 0.0921. The second kappa shape index (κ2) is 5.71. The van der Waals surface area contributed by atoms with Crippen LogP contribution < -0.4 is 0 Å². The molecule has 0 aliphatic carbocycles. The van der Waals surface area contributed by atoms with Gasteiger partial charge in [-0.1, -0.05) is 37.3 Å². The molecular formula is C20H29NO2. The summed E-state index contributed by atoms with van der Waals surface area (Å²) in [5, 5.41) is 10.8. The first kappa shape index (κ1) is 16.7. The lowest BCUT2D eigenvalue weighted by atomic mass is 9.65. The van der Waals surface area contributed by atoms with Crippen LogP contribution in [-0.2, 0) is 10.2 Å². The fourth-order valence-corrected chi connectivity index (χ4v) is 4.77. The van der Waals surface area contributed by atoms with Crippen molar-refractivity contribution in [2.75, 3.05) is 13.1 Å². The molecule has 0 spiro atoms. The average molecular weight is 315 g/mol. The van der Waals surface area contributed by atoms with E-state index in [9.17, 15) is 9.90 Å². The summed E-state index contributed by atoms with van der Waals surface area (Å²) in [6, 6.07) is 10.8. The molecule has 3 rings (SSSR count). The summed E-state index contributed by atoms with van der Waals surface area (Å²) in [6.07, 6.45) is 3.91. The van der Waals surface area contributed by atoms with Gasteiger partial charge in [0.05, 0.1) is 5.60 Å². The van der Waals surface area contributed by atoms with Gasteiger partial charge < -0.3 is 5.11 Å². The van der Waals surface area contributed by atoms with Crippen LogP contribution in [0, 0.1) is 0 Å². The third-order valence-corrected chi connectivity index (χ3v) is 6.12. The van der Waals surface area contributed by atoms with Crippen molar-refractivity contribution >= 4 is 5.78 Å². The van der Waals surface area contributed by atoms with Gasteiger partial charge in [-0.3, -0.25) is 9.69 Å². The van der Waals surface area contributed by atoms with Crippen LogP contribution in [0.4, 0.5) is 0 Å². The fourth-order valence-electron chi connectivity index (χ4n) is 4.77. The largest absolute Gasteiger partial charge is 0.389 e. The van der Waals surface area contributed by atoms with Crippen molar-refractivity contribution < 1.29 is 9.90 Å². The van der Waals surface area contributed by atoms with Crippen LogP contribution in [0.2, 0.25) is 0 Å². The van der Waals surface area contributed by atoms with Gasteiger partial charge in [0.25, 0.3) is 0 Å². The molecule has 0 radical (unpaired) electrons. The number of hydrogen-bond acceptors (Lipinski definition) is 3. The van der Waals surface area contributed by atoms with Gasteiger partial charge in [-0.2, -0.15) is 0 Å². The van der Waals surface area contributed by atoms with E-state index < -0.39 is 5.60 Å². The maximum Gasteiger partial charge on any atom is 0.132 e. The normalized spacial score (nSPS) is 38.1. The van der Waals surface area contributed by atoms with Crippen LogP contribution in [-0.4, -0.2) is 40.0 Å². The van der Waals surface area contributed by atoms with Gasteiger partial charge in [-0.15, -0.1) is 0 Å². The third kappa shape index (κ3) is 3.22. The Bertz CT molecular complexity index is 587. The van der Waals surface area contributed by atoms with Crippen molar-refractivity contribution in [3.63, 3.8) is 0 Å². The number of ketones is 1. The number of piperidine rings is 2. The standard InChI is InChI=1S/C20H29NO2/c1-16(22)13-20(23)11-12-21-15-18(2,9-10-19(21,3)14-20)17-7-5-4-6-8-17/h4-8,23H,9-15H2,1-3H3. The van der Waals surface area contributed by atoms with Crippen LogP contribution >= 0.6 is 0 Å². The van der Waals surface area contributed by atoms with Crippen LogP contribution in [0.5, 0.6) is 0 Å². The van der Waals surface area contributed by atoms with Gasteiger partial charge in [0, 0.05) is 30.5 Å². The van der Waals surface area contributed by atoms with Crippen molar-refractivity contribution in [2.45, 2.75) is 69.4 Å². The highest BCUT2D eigenvalue weighted by atomic mass is 16.3. The van der Waals surface area contributed by atoms with E-state index in [-0.39, 0.29) is 16.7 Å². The lowest BCUT2D eigenvalue weighted by molar-refractivity contribution is -0.134. The monoisotopic (exact) mass is 315 g/mol. The summed E-state index contributed by atoms with van der Waals surface area (Å²) in [5.41, 5.74) is 0.789. The SMILES string of the molecule is CC(=O)CC1(O)CCN2CC(C)(c3ccccc3)CCC2(C)C1. The fraction of sp³-hybridized carbons (Fsp3) is 0.650. The topological polar surface area (TPSA) is 40.5 Å². The first-order chi connectivity index (χ1) is 10.7. The molecule has 3 heteroatoms. The molecule has 2 aliphatic heterocycles. The van der Waals surface area contributed by atoms with Gasteiger partial charge >= 0.3 is 0 Å². The van der Waals surface area contributed by atoms with E-state index in [0.717, 1.165) is 25.9 Å². The van der Waals surface area contributed by atoms with E-state index in [2.05, 4.69) is 49.1 Å². The third-order valence-electron chi connectivity index (χ3n) is 6.12. The zero-order valence-corrected chi connectivity index (χ0v) is 14.6. The Labute approximate surface area is 139 Å². The van der Waals surface area contributed by atoms with E-state index >= 15 is 0 Å². The van der Waals surface area contributed by atoms with Gasteiger partial charge in [0.2, 0.25) is 0 Å².